The van der Waals surface area contributed by atoms with E-state index in [1.165, 1.54) is 19.1 Å². The topological polar surface area (TPSA) is 87.5 Å². The minimum absolute atomic E-state index is 0.0108. The molecular weight excluding hydrogens is 511 g/mol. The van der Waals surface area contributed by atoms with Gasteiger partial charge in [-0.3, -0.25) is 19.1 Å². The second-order valence-electron chi connectivity index (χ2n) is 10.8. The van der Waals surface area contributed by atoms with E-state index in [-0.39, 0.29) is 54.1 Å². The highest BCUT2D eigenvalue weighted by Crippen LogP contribution is 2.44. The first-order valence-corrected chi connectivity index (χ1v) is 13.7. The number of amides is 3. The summed E-state index contributed by atoms with van der Waals surface area (Å²) in [5, 5.41) is 7.27. The minimum Gasteiger partial charge on any atom is -0.356 e. The molecule has 8 nitrogen and oxygen atoms in total. The molecule has 0 spiro atoms. The van der Waals surface area contributed by atoms with Gasteiger partial charge in [0.1, 0.15) is 0 Å². The number of aromatic nitrogens is 2. The van der Waals surface area contributed by atoms with Gasteiger partial charge < -0.3 is 15.1 Å². The highest BCUT2D eigenvalue weighted by molar-refractivity contribution is 5.95. The number of hydrogen-bond donors (Lipinski definition) is 1. The van der Waals surface area contributed by atoms with E-state index in [1.54, 1.807) is 17.2 Å². The second kappa shape index (κ2) is 11.0. The number of alkyl halides is 3. The first-order chi connectivity index (χ1) is 18.6. The van der Waals surface area contributed by atoms with E-state index >= 15 is 0 Å². The van der Waals surface area contributed by atoms with Gasteiger partial charge in [0.25, 0.3) is 5.91 Å². The average molecular weight is 546 g/mol. The van der Waals surface area contributed by atoms with Crippen molar-refractivity contribution in [3.05, 3.63) is 52.8 Å². The molecule has 210 valence electrons. The molecule has 1 N–H and O–H groups in total. The minimum atomic E-state index is -4.43. The van der Waals surface area contributed by atoms with Crippen LogP contribution in [0.1, 0.15) is 90.5 Å². The lowest BCUT2D eigenvalue weighted by molar-refractivity contribution is -0.138. The normalized spacial score (nSPS) is 20.4. The maximum Gasteiger partial charge on any atom is 0.416 e. The average Bonchev–Trinajstić information content (AvgIpc) is 3.45. The summed E-state index contributed by atoms with van der Waals surface area (Å²) in [6, 6.07) is 5.72. The van der Waals surface area contributed by atoms with Crippen molar-refractivity contribution >= 4 is 17.7 Å². The van der Waals surface area contributed by atoms with Crippen LogP contribution < -0.4 is 5.32 Å². The number of rotatable bonds is 7. The summed E-state index contributed by atoms with van der Waals surface area (Å²) < 4.78 is 42.7. The Morgan fingerprint density at radius 3 is 2.33 bits per heavy atom. The van der Waals surface area contributed by atoms with Gasteiger partial charge in [0.15, 0.2) is 0 Å². The number of carbonyl (C=O) groups is 3. The second-order valence-corrected chi connectivity index (χ2v) is 10.8. The lowest BCUT2D eigenvalue weighted by Gasteiger charge is -2.33. The monoisotopic (exact) mass is 545 g/mol. The number of nitrogens with one attached hydrogen (secondary N) is 1. The van der Waals surface area contributed by atoms with Crippen LogP contribution in [0.3, 0.4) is 0 Å². The fourth-order valence-corrected chi connectivity index (χ4v) is 5.93. The number of halogens is 3. The summed E-state index contributed by atoms with van der Waals surface area (Å²) in [4.78, 5) is 40.6. The van der Waals surface area contributed by atoms with Gasteiger partial charge in [0.2, 0.25) is 11.8 Å². The van der Waals surface area contributed by atoms with Crippen molar-refractivity contribution in [2.24, 2.45) is 0 Å². The quantitative estimate of drug-likeness (QED) is 0.568. The van der Waals surface area contributed by atoms with Crippen molar-refractivity contribution in [1.29, 1.82) is 0 Å². The zero-order valence-corrected chi connectivity index (χ0v) is 22.0. The van der Waals surface area contributed by atoms with Crippen molar-refractivity contribution in [3.63, 3.8) is 0 Å². The third kappa shape index (κ3) is 5.96. The van der Waals surface area contributed by atoms with Crippen LogP contribution in [0, 0.1) is 0 Å². The first kappa shape index (κ1) is 27.2. The molecule has 11 heteroatoms. The van der Waals surface area contributed by atoms with E-state index in [0.29, 0.717) is 38.2 Å². The molecule has 1 aliphatic carbocycles. The van der Waals surface area contributed by atoms with Crippen LogP contribution >= 0.6 is 0 Å². The maximum absolute atomic E-state index is 13.6. The lowest BCUT2D eigenvalue weighted by Crippen LogP contribution is -2.40. The Hall–Kier alpha value is -3.37. The molecule has 39 heavy (non-hydrogen) atoms. The molecule has 0 radical (unpaired) electrons. The molecule has 0 bridgehead atoms. The number of hydrogen-bond acceptors (Lipinski definition) is 4. The van der Waals surface area contributed by atoms with Crippen molar-refractivity contribution in [2.75, 3.05) is 32.7 Å². The van der Waals surface area contributed by atoms with Crippen LogP contribution in [0.2, 0.25) is 0 Å². The Morgan fingerprint density at radius 1 is 0.974 bits per heavy atom. The zero-order valence-electron chi connectivity index (χ0n) is 22.0. The third-order valence-corrected chi connectivity index (χ3v) is 8.09. The Bertz CT molecular complexity index is 1230. The van der Waals surface area contributed by atoms with E-state index in [1.807, 2.05) is 9.58 Å². The number of piperidine rings is 1. The van der Waals surface area contributed by atoms with Crippen LogP contribution in [0.15, 0.2) is 30.5 Å². The summed E-state index contributed by atoms with van der Waals surface area (Å²) >= 11 is 0. The molecule has 2 aromatic rings. The molecule has 3 aliphatic rings. The summed E-state index contributed by atoms with van der Waals surface area (Å²) in [5.41, 5.74) is 1.10. The Labute approximate surface area is 225 Å². The predicted molar refractivity (Wildman–Crippen MR) is 137 cm³/mol. The molecule has 2 saturated heterocycles. The van der Waals surface area contributed by atoms with E-state index < -0.39 is 11.7 Å². The largest absolute Gasteiger partial charge is 0.416 e. The molecule has 1 saturated carbocycles. The molecule has 3 fully saturated rings. The highest BCUT2D eigenvalue weighted by atomic mass is 19.4. The van der Waals surface area contributed by atoms with Gasteiger partial charge in [-0.2, -0.15) is 18.3 Å². The molecule has 5 rings (SSSR count). The smallest absolute Gasteiger partial charge is 0.356 e. The predicted octanol–water partition coefficient (Wildman–Crippen LogP) is 4.10. The van der Waals surface area contributed by atoms with E-state index in [0.717, 1.165) is 37.4 Å². The van der Waals surface area contributed by atoms with Gasteiger partial charge >= 0.3 is 6.18 Å². The van der Waals surface area contributed by atoms with Crippen molar-refractivity contribution < 1.29 is 27.6 Å². The SMILES string of the molecule is CC(=O)NCCC(=O)N1CCC(n2ncc(C(=O)N3CC[C@@H](c4ccccc4C(F)(F)F)C3)c2C2CC2)CC1. The highest BCUT2D eigenvalue weighted by Gasteiger charge is 2.40. The van der Waals surface area contributed by atoms with Crippen LogP contribution in [0.25, 0.3) is 0 Å². The van der Waals surface area contributed by atoms with E-state index in [4.69, 9.17) is 0 Å². The van der Waals surface area contributed by atoms with Crippen molar-refractivity contribution in [3.8, 4) is 0 Å². The Kier molecular flexibility index (Phi) is 7.68. The molecular formula is C28H34F3N5O3. The number of likely N-dealkylation sites (tertiary alicyclic amines) is 2. The van der Waals surface area contributed by atoms with Gasteiger partial charge in [0, 0.05) is 57.9 Å². The van der Waals surface area contributed by atoms with Gasteiger partial charge in [-0.1, -0.05) is 18.2 Å². The van der Waals surface area contributed by atoms with Gasteiger partial charge in [-0.25, -0.2) is 0 Å². The molecule has 0 unspecified atom stereocenters. The number of carbonyl (C=O) groups excluding carboxylic acids is 3. The zero-order chi connectivity index (χ0) is 27.7. The fourth-order valence-electron chi connectivity index (χ4n) is 5.93. The van der Waals surface area contributed by atoms with Crippen LogP contribution in [-0.4, -0.2) is 70.0 Å². The summed E-state index contributed by atoms with van der Waals surface area (Å²) in [6.45, 7) is 3.58. The number of nitrogens with zero attached hydrogens (tertiary/aromatic N) is 4. The first-order valence-electron chi connectivity index (χ1n) is 13.7. The molecule has 1 aromatic carbocycles. The van der Waals surface area contributed by atoms with E-state index in [2.05, 4.69) is 10.4 Å². The van der Waals surface area contributed by atoms with E-state index in [9.17, 15) is 27.6 Å². The summed E-state index contributed by atoms with van der Waals surface area (Å²) in [7, 11) is 0. The third-order valence-electron chi connectivity index (χ3n) is 8.09. The van der Waals surface area contributed by atoms with Crippen LogP contribution in [0.4, 0.5) is 13.2 Å². The molecule has 2 aliphatic heterocycles. The van der Waals surface area contributed by atoms with Gasteiger partial charge in [-0.05, 0) is 43.7 Å². The number of benzene rings is 1. The van der Waals surface area contributed by atoms with Crippen molar-refractivity contribution in [2.45, 2.75) is 69.5 Å². The van der Waals surface area contributed by atoms with Crippen LogP contribution in [0.5, 0.6) is 0 Å². The van der Waals surface area contributed by atoms with Gasteiger partial charge in [-0.15, -0.1) is 0 Å². The van der Waals surface area contributed by atoms with Crippen molar-refractivity contribution in [1.82, 2.24) is 24.9 Å². The summed E-state index contributed by atoms with van der Waals surface area (Å²) in [6.07, 6.45) is 1.35. The molecule has 3 heterocycles. The molecule has 1 aromatic heterocycles. The fraction of sp³-hybridized carbons (Fsp3) is 0.571. The Morgan fingerprint density at radius 2 is 1.67 bits per heavy atom. The van der Waals surface area contributed by atoms with Crippen LogP contribution in [-0.2, 0) is 15.8 Å². The Balaban J connectivity index is 1.25. The lowest BCUT2D eigenvalue weighted by atomic mass is 9.93. The maximum atomic E-state index is 13.6. The standard InChI is InChI=1S/C28H34F3N5O3/c1-18(37)32-12-8-25(38)34-14-10-21(11-15-34)36-26(19-6-7-19)23(16-33-36)27(39)35-13-9-20(17-35)22-4-2-3-5-24(22)28(29,30)31/h2-5,16,19-21H,6-15,17H2,1H3,(H,32,37)/t20-/m1/s1. The summed E-state index contributed by atoms with van der Waals surface area (Å²) in [5.74, 6) is -0.419. The molecule has 1 atom stereocenters. The molecule has 3 amide bonds. The van der Waals surface area contributed by atoms with Gasteiger partial charge in [0.05, 0.1) is 29.1 Å².